The molecule has 1 aliphatic heterocycles. The first-order chi connectivity index (χ1) is 16.4. The third-order valence-electron chi connectivity index (χ3n) is 5.87. The van der Waals surface area contributed by atoms with Crippen LogP contribution in [0.4, 0.5) is 0 Å². The second kappa shape index (κ2) is 8.77. The highest BCUT2D eigenvalue weighted by atomic mass is 16.7. The number of primary amides is 1. The number of nitrogens with zero attached hydrogens (tertiary/aromatic N) is 4. The molecule has 1 aliphatic carbocycles. The lowest BCUT2D eigenvalue weighted by Gasteiger charge is -2.17. The Bertz CT molecular complexity index is 1250. The fourth-order valence-corrected chi connectivity index (χ4v) is 4.06. The van der Waals surface area contributed by atoms with E-state index in [1.165, 1.54) is 6.20 Å². The topological polar surface area (TPSA) is 134 Å². The first-order valence-electron chi connectivity index (χ1n) is 11.3. The van der Waals surface area contributed by atoms with Crippen LogP contribution in [0.3, 0.4) is 0 Å². The van der Waals surface area contributed by atoms with E-state index in [0.717, 1.165) is 24.1 Å². The molecule has 3 N–H and O–H groups in total. The summed E-state index contributed by atoms with van der Waals surface area (Å²) >= 11 is 0. The summed E-state index contributed by atoms with van der Waals surface area (Å²) in [6.45, 7) is 4.14. The molecule has 0 unspecified atom stereocenters. The highest BCUT2D eigenvalue weighted by Gasteiger charge is 2.34. The maximum absolute atomic E-state index is 13.1. The van der Waals surface area contributed by atoms with Crippen molar-refractivity contribution >= 4 is 11.8 Å². The summed E-state index contributed by atoms with van der Waals surface area (Å²) < 4.78 is 12.5. The summed E-state index contributed by atoms with van der Waals surface area (Å²) in [6.07, 6.45) is 5.52. The van der Waals surface area contributed by atoms with Gasteiger partial charge in [0, 0.05) is 17.7 Å². The van der Waals surface area contributed by atoms with Crippen molar-refractivity contribution in [3.05, 3.63) is 47.9 Å². The van der Waals surface area contributed by atoms with Crippen LogP contribution in [-0.2, 0) is 4.79 Å². The van der Waals surface area contributed by atoms with Crippen molar-refractivity contribution < 1.29 is 19.1 Å². The van der Waals surface area contributed by atoms with Crippen LogP contribution in [0.25, 0.3) is 17.2 Å². The Hall–Kier alpha value is -3.95. The van der Waals surface area contributed by atoms with E-state index in [1.807, 2.05) is 32.0 Å². The summed E-state index contributed by atoms with van der Waals surface area (Å²) in [5.41, 5.74) is 8.21. The van der Waals surface area contributed by atoms with Gasteiger partial charge in [-0.25, -0.2) is 14.6 Å². The zero-order valence-electron chi connectivity index (χ0n) is 19.0. The minimum absolute atomic E-state index is 0.179. The average Bonchev–Trinajstić information content (AvgIpc) is 3.37. The number of carbonyl (C=O) groups is 2. The second-order valence-corrected chi connectivity index (χ2v) is 9.00. The van der Waals surface area contributed by atoms with Crippen LogP contribution in [0.5, 0.6) is 11.5 Å². The van der Waals surface area contributed by atoms with Crippen LogP contribution in [0, 0.1) is 5.92 Å². The van der Waals surface area contributed by atoms with Crippen LogP contribution >= 0.6 is 0 Å². The molecule has 0 saturated heterocycles. The molecule has 176 valence electrons. The van der Waals surface area contributed by atoms with Gasteiger partial charge in [-0.05, 0) is 49.4 Å². The van der Waals surface area contributed by atoms with Gasteiger partial charge in [0.15, 0.2) is 11.5 Å². The molecule has 0 bridgehead atoms. The zero-order valence-corrected chi connectivity index (χ0v) is 19.0. The molecule has 0 spiro atoms. The van der Waals surface area contributed by atoms with Gasteiger partial charge in [0.2, 0.25) is 12.7 Å². The highest BCUT2D eigenvalue weighted by molar-refractivity contribution is 5.98. The summed E-state index contributed by atoms with van der Waals surface area (Å²) in [5, 5.41) is 7.22. The number of amides is 2. The molecule has 3 heterocycles. The third-order valence-corrected chi connectivity index (χ3v) is 5.87. The van der Waals surface area contributed by atoms with Gasteiger partial charge >= 0.3 is 0 Å². The molecule has 1 saturated carbocycles. The average molecular weight is 463 g/mol. The number of ether oxygens (including phenoxy) is 2. The molecule has 2 aliphatic rings. The number of hydrogen-bond donors (Lipinski definition) is 2. The van der Waals surface area contributed by atoms with E-state index in [9.17, 15) is 9.59 Å². The second-order valence-electron chi connectivity index (χ2n) is 9.00. The molecule has 0 radical (unpaired) electrons. The van der Waals surface area contributed by atoms with Crippen LogP contribution in [0.2, 0.25) is 0 Å². The summed E-state index contributed by atoms with van der Waals surface area (Å²) in [6, 6.07) is 6.68. The minimum atomic E-state index is -0.742. The van der Waals surface area contributed by atoms with Gasteiger partial charge in [0.05, 0.1) is 23.1 Å². The van der Waals surface area contributed by atoms with Crippen molar-refractivity contribution in [1.82, 2.24) is 25.1 Å². The molecule has 34 heavy (non-hydrogen) atoms. The number of carbonyl (C=O) groups excluding carboxylic acids is 2. The van der Waals surface area contributed by atoms with Crippen LogP contribution in [-0.4, -0.2) is 44.4 Å². The van der Waals surface area contributed by atoms with Crippen molar-refractivity contribution in [3.8, 4) is 28.7 Å². The summed E-state index contributed by atoms with van der Waals surface area (Å²) in [7, 11) is 0. The van der Waals surface area contributed by atoms with Gasteiger partial charge < -0.3 is 20.5 Å². The van der Waals surface area contributed by atoms with Gasteiger partial charge in [-0.1, -0.05) is 13.8 Å². The van der Waals surface area contributed by atoms with E-state index in [1.54, 1.807) is 16.9 Å². The molecule has 10 heteroatoms. The molecule has 1 fully saturated rings. The number of nitrogens with two attached hydrogens (primary N) is 1. The number of aromatic nitrogens is 4. The molecule has 5 rings (SSSR count). The monoisotopic (exact) mass is 462 g/mol. The van der Waals surface area contributed by atoms with Crippen molar-refractivity contribution in [2.45, 2.75) is 45.1 Å². The predicted octanol–water partition coefficient (Wildman–Crippen LogP) is 2.57. The molecular weight excluding hydrogens is 436 g/mol. The number of rotatable bonds is 8. The van der Waals surface area contributed by atoms with Crippen LogP contribution in [0.1, 0.15) is 55.1 Å². The number of nitrogens with one attached hydrogen (secondary N) is 1. The van der Waals surface area contributed by atoms with E-state index in [2.05, 4.69) is 15.4 Å². The standard InChI is InChI=1S/C24H26N6O4/c1-13(2)9-18(22(25)31)28-23(32)16-11-27-30(21(16)14-3-4-14)24-26-8-7-17(29-24)15-5-6-19-20(10-15)34-12-33-19/h5-8,10-11,13-14,18H,3-4,9,12H2,1-2H3,(H2,25,31)(H,28,32)/t18-/m0/s1. The largest absolute Gasteiger partial charge is 0.454 e. The Balaban J connectivity index is 1.46. The zero-order chi connectivity index (χ0) is 23.8. The van der Waals surface area contributed by atoms with Crippen LogP contribution in [0.15, 0.2) is 36.7 Å². The molecule has 1 atom stereocenters. The maximum Gasteiger partial charge on any atom is 0.255 e. The Morgan fingerprint density at radius 1 is 1.21 bits per heavy atom. The number of fused-ring (bicyclic) bond motifs is 1. The van der Waals surface area contributed by atoms with Gasteiger partial charge in [0.1, 0.15) is 6.04 Å². The van der Waals surface area contributed by atoms with E-state index < -0.39 is 11.9 Å². The molecule has 10 nitrogen and oxygen atoms in total. The minimum Gasteiger partial charge on any atom is -0.454 e. The van der Waals surface area contributed by atoms with E-state index in [0.29, 0.717) is 35.1 Å². The SMILES string of the molecule is CC(C)C[C@H](NC(=O)c1cnn(-c2nccc(-c3ccc4c(c3)OCO4)n2)c1C1CC1)C(N)=O. The lowest BCUT2D eigenvalue weighted by molar-refractivity contribution is -0.120. The molecular formula is C24H26N6O4. The van der Waals surface area contributed by atoms with Gasteiger partial charge in [-0.15, -0.1) is 0 Å². The van der Waals surface area contributed by atoms with Gasteiger partial charge in [-0.2, -0.15) is 5.10 Å². The molecule has 2 amide bonds. The Morgan fingerprint density at radius 3 is 2.74 bits per heavy atom. The predicted molar refractivity (Wildman–Crippen MR) is 123 cm³/mol. The van der Waals surface area contributed by atoms with Crippen molar-refractivity contribution in [1.29, 1.82) is 0 Å². The Kier molecular flexibility index (Phi) is 5.64. The molecule has 2 aromatic heterocycles. The van der Waals surface area contributed by atoms with Gasteiger partial charge in [-0.3, -0.25) is 9.59 Å². The van der Waals surface area contributed by atoms with Crippen molar-refractivity contribution in [2.24, 2.45) is 11.7 Å². The van der Waals surface area contributed by atoms with Gasteiger partial charge in [0.25, 0.3) is 11.9 Å². The highest BCUT2D eigenvalue weighted by Crippen LogP contribution is 2.42. The molecule has 3 aromatic rings. The fourth-order valence-electron chi connectivity index (χ4n) is 4.06. The van der Waals surface area contributed by atoms with E-state index in [-0.39, 0.29) is 24.5 Å². The lowest BCUT2D eigenvalue weighted by Crippen LogP contribution is -2.45. The summed E-state index contributed by atoms with van der Waals surface area (Å²) in [4.78, 5) is 34.1. The molecule has 1 aromatic carbocycles. The lowest BCUT2D eigenvalue weighted by atomic mass is 10.0. The first-order valence-corrected chi connectivity index (χ1v) is 11.3. The Morgan fingerprint density at radius 2 is 2.00 bits per heavy atom. The van der Waals surface area contributed by atoms with Crippen LogP contribution < -0.4 is 20.5 Å². The normalized spacial score (nSPS) is 15.4. The fraction of sp³-hybridized carbons (Fsp3) is 0.375. The summed E-state index contributed by atoms with van der Waals surface area (Å²) in [5.74, 6) is 1.19. The quantitative estimate of drug-likeness (QED) is 0.525. The first kappa shape index (κ1) is 21.9. The van der Waals surface area contributed by atoms with Crippen molar-refractivity contribution in [2.75, 3.05) is 6.79 Å². The van der Waals surface area contributed by atoms with E-state index >= 15 is 0 Å². The Labute approximate surface area is 196 Å². The number of hydrogen-bond acceptors (Lipinski definition) is 7. The third kappa shape index (κ3) is 4.30. The van der Waals surface area contributed by atoms with Crippen molar-refractivity contribution in [3.63, 3.8) is 0 Å². The van der Waals surface area contributed by atoms with E-state index in [4.69, 9.17) is 20.2 Å². The maximum atomic E-state index is 13.1. The number of benzene rings is 1. The smallest absolute Gasteiger partial charge is 0.255 e.